The largest absolute Gasteiger partial charge is 0.391 e. The van der Waals surface area contributed by atoms with Crippen molar-refractivity contribution in [2.75, 3.05) is 18.4 Å². The van der Waals surface area contributed by atoms with Gasteiger partial charge in [-0.05, 0) is 50.8 Å². The molecule has 140 valence electrons. The van der Waals surface area contributed by atoms with Crippen LogP contribution in [0.4, 0.5) is 5.82 Å². The summed E-state index contributed by atoms with van der Waals surface area (Å²) in [6, 6.07) is 6.64. The summed E-state index contributed by atoms with van der Waals surface area (Å²) in [6.45, 7) is 4.04. The van der Waals surface area contributed by atoms with Crippen LogP contribution in [0.5, 0.6) is 0 Å². The lowest BCUT2D eigenvalue weighted by Crippen LogP contribution is -2.50. The molecule has 26 heavy (non-hydrogen) atoms. The molecule has 0 spiro atoms. The summed E-state index contributed by atoms with van der Waals surface area (Å²) in [5.41, 5.74) is 0.962. The first kappa shape index (κ1) is 17.4. The molecule has 7 nitrogen and oxygen atoms in total. The molecule has 0 amide bonds. The number of aryl methyl sites for hydroxylation is 1. The fraction of sp³-hybridized carbons (Fsp3) is 0.632. The van der Waals surface area contributed by atoms with Gasteiger partial charge in [0, 0.05) is 31.4 Å². The quantitative estimate of drug-likeness (QED) is 0.874. The van der Waals surface area contributed by atoms with Gasteiger partial charge in [-0.3, -0.25) is 4.90 Å². The van der Waals surface area contributed by atoms with Crippen LogP contribution >= 0.6 is 0 Å². The van der Waals surface area contributed by atoms with Crippen LogP contribution in [-0.2, 0) is 0 Å². The molecule has 1 saturated heterocycles. The summed E-state index contributed by atoms with van der Waals surface area (Å²) in [5, 5.41) is 26.7. The Bertz CT molecular complexity index is 707. The zero-order valence-electron chi connectivity index (χ0n) is 15.4. The van der Waals surface area contributed by atoms with Crippen LogP contribution in [0.25, 0.3) is 5.82 Å². The number of hydrogen-bond acceptors (Lipinski definition) is 6. The SMILES string of the molecule is Cc1ccn(-c2ccc(NC3CCN(C4CCCCC4O)CC3)nn2)n1. The Morgan fingerprint density at radius 1 is 1.04 bits per heavy atom. The van der Waals surface area contributed by atoms with Crippen LogP contribution in [-0.4, -0.2) is 61.3 Å². The first-order valence-corrected chi connectivity index (χ1v) is 9.74. The molecule has 0 aromatic carbocycles. The second-order valence-corrected chi connectivity index (χ2v) is 7.55. The summed E-state index contributed by atoms with van der Waals surface area (Å²) < 4.78 is 1.74. The van der Waals surface area contributed by atoms with E-state index in [0.717, 1.165) is 56.1 Å². The van der Waals surface area contributed by atoms with Crippen molar-refractivity contribution < 1.29 is 5.11 Å². The number of hydrogen-bond donors (Lipinski definition) is 2. The molecule has 2 fully saturated rings. The van der Waals surface area contributed by atoms with E-state index in [0.29, 0.717) is 12.1 Å². The summed E-state index contributed by atoms with van der Waals surface area (Å²) in [4.78, 5) is 2.48. The van der Waals surface area contributed by atoms with Crippen molar-refractivity contribution in [3.05, 3.63) is 30.1 Å². The monoisotopic (exact) mass is 356 g/mol. The highest BCUT2D eigenvalue weighted by Gasteiger charge is 2.31. The van der Waals surface area contributed by atoms with E-state index in [4.69, 9.17) is 0 Å². The van der Waals surface area contributed by atoms with Crippen molar-refractivity contribution in [1.29, 1.82) is 0 Å². The highest BCUT2D eigenvalue weighted by Crippen LogP contribution is 2.26. The van der Waals surface area contributed by atoms with Crippen molar-refractivity contribution >= 4 is 5.82 Å². The Morgan fingerprint density at radius 2 is 1.85 bits per heavy atom. The normalized spacial score (nSPS) is 25.3. The third-order valence-corrected chi connectivity index (χ3v) is 5.65. The van der Waals surface area contributed by atoms with Gasteiger partial charge in [-0.1, -0.05) is 12.8 Å². The van der Waals surface area contributed by atoms with Gasteiger partial charge in [0.25, 0.3) is 0 Å². The van der Waals surface area contributed by atoms with Gasteiger partial charge in [0.2, 0.25) is 0 Å². The minimum Gasteiger partial charge on any atom is -0.391 e. The van der Waals surface area contributed by atoms with E-state index >= 15 is 0 Å². The lowest BCUT2D eigenvalue weighted by molar-refractivity contribution is 0.00992. The number of likely N-dealkylation sites (tertiary alicyclic amines) is 1. The molecule has 0 radical (unpaired) electrons. The fourth-order valence-corrected chi connectivity index (χ4v) is 4.17. The predicted molar refractivity (Wildman–Crippen MR) is 100 cm³/mol. The maximum Gasteiger partial charge on any atom is 0.175 e. The molecule has 3 heterocycles. The van der Waals surface area contributed by atoms with Crippen LogP contribution in [0.3, 0.4) is 0 Å². The molecule has 1 saturated carbocycles. The number of aliphatic hydroxyl groups excluding tert-OH is 1. The van der Waals surface area contributed by atoms with Gasteiger partial charge < -0.3 is 10.4 Å². The number of anilines is 1. The first-order chi connectivity index (χ1) is 12.7. The van der Waals surface area contributed by atoms with Gasteiger partial charge in [-0.15, -0.1) is 10.2 Å². The van der Waals surface area contributed by atoms with Crippen LogP contribution in [0, 0.1) is 6.92 Å². The van der Waals surface area contributed by atoms with Crippen molar-refractivity contribution in [2.45, 2.75) is 63.6 Å². The standard InChI is InChI=1S/C19H28N6O/c1-14-8-13-25(23-14)19-7-6-18(21-22-19)20-15-9-11-24(12-10-15)16-4-2-3-5-17(16)26/h6-8,13,15-17,26H,2-5,9-12H2,1H3,(H,20,21). The van der Waals surface area contributed by atoms with E-state index in [1.807, 2.05) is 31.3 Å². The molecule has 2 unspecified atom stereocenters. The number of nitrogens with one attached hydrogen (secondary N) is 1. The second-order valence-electron chi connectivity index (χ2n) is 7.55. The summed E-state index contributed by atoms with van der Waals surface area (Å²) >= 11 is 0. The highest BCUT2D eigenvalue weighted by molar-refractivity contribution is 5.37. The van der Waals surface area contributed by atoms with Crippen LogP contribution in [0.1, 0.15) is 44.2 Å². The molecule has 2 aliphatic rings. The molecular formula is C19H28N6O. The Hall–Kier alpha value is -1.99. The van der Waals surface area contributed by atoms with Gasteiger partial charge in [0.1, 0.15) is 5.82 Å². The Balaban J connectivity index is 1.30. The first-order valence-electron chi connectivity index (χ1n) is 9.74. The van der Waals surface area contributed by atoms with Crippen molar-refractivity contribution in [2.24, 2.45) is 0 Å². The molecule has 7 heteroatoms. The number of nitrogens with zero attached hydrogens (tertiary/aromatic N) is 5. The molecular weight excluding hydrogens is 328 g/mol. The number of aromatic nitrogens is 4. The van der Waals surface area contributed by atoms with Crippen molar-refractivity contribution in [1.82, 2.24) is 24.9 Å². The number of rotatable bonds is 4. The molecule has 1 aliphatic carbocycles. The minimum absolute atomic E-state index is 0.141. The zero-order valence-corrected chi connectivity index (χ0v) is 15.4. The lowest BCUT2D eigenvalue weighted by atomic mass is 9.89. The van der Waals surface area contributed by atoms with Crippen LogP contribution in [0.2, 0.25) is 0 Å². The van der Waals surface area contributed by atoms with Gasteiger partial charge in [-0.25, -0.2) is 4.68 Å². The minimum atomic E-state index is -0.141. The summed E-state index contributed by atoms with van der Waals surface area (Å²) in [6.07, 6.45) is 8.41. The summed E-state index contributed by atoms with van der Waals surface area (Å²) in [7, 11) is 0. The van der Waals surface area contributed by atoms with E-state index in [2.05, 4.69) is 25.5 Å². The molecule has 2 aromatic heterocycles. The predicted octanol–water partition coefficient (Wildman–Crippen LogP) is 2.15. The average Bonchev–Trinajstić information content (AvgIpc) is 3.10. The lowest BCUT2D eigenvalue weighted by Gasteiger charge is -2.41. The van der Waals surface area contributed by atoms with E-state index < -0.39 is 0 Å². The van der Waals surface area contributed by atoms with Crippen molar-refractivity contribution in [3.8, 4) is 5.82 Å². The van der Waals surface area contributed by atoms with Crippen LogP contribution in [0.15, 0.2) is 24.4 Å². The Labute approximate surface area is 154 Å². The second kappa shape index (κ2) is 7.72. The molecule has 1 aliphatic heterocycles. The maximum atomic E-state index is 10.3. The van der Waals surface area contributed by atoms with E-state index in [-0.39, 0.29) is 6.10 Å². The fourth-order valence-electron chi connectivity index (χ4n) is 4.17. The molecule has 2 aromatic rings. The third-order valence-electron chi connectivity index (χ3n) is 5.65. The molecule has 2 atom stereocenters. The maximum absolute atomic E-state index is 10.3. The topological polar surface area (TPSA) is 79.1 Å². The van der Waals surface area contributed by atoms with E-state index in [1.54, 1.807) is 4.68 Å². The Kier molecular flexibility index (Phi) is 5.17. The smallest absolute Gasteiger partial charge is 0.175 e. The van der Waals surface area contributed by atoms with Crippen molar-refractivity contribution in [3.63, 3.8) is 0 Å². The number of aliphatic hydroxyl groups is 1. The van der Waals surface area contributed by atoms with E-state index in [1.165, 1.54) is 12.8 Å². The van der Waals surface area contributed by atoms with Gasteiger partial charge >= 0.3 is 0 Å². The molecule has 2 N–H and O–H groups in total. The summed E-state index contributed by atoms with van der Waals surface area (Å²) in [5.74, 6) is 1.54. The van der Waals surface area contributed by atoms with Crippen LogP contribution < -0.4 is 5.32 Å². The molecule has 0 bridgehead atoms. The third kappa shape index (κ3) is 3.88. The molecule has 4 rings (SSSR count). The highest BCUT2D eigenvalue weighted by atomic mass is 16.3. The zero-order chi connectivity index (χ0) is 17.9. The average molecular weight is 356 g/mol. The van der Waals surface area contributed by atoms with Gasteiger partial charge in [0.15, 0.2) is 5.82 Å². The van der Waals surface area contributed by atoms with E-state index in [9.17, 15) is 5.11 Å². The van der Waals surface area contributed by atoms with Gasteiger partial charge in [0.05, 0.1) is 11.8 Å². The Morgan fingerprint density at radius 3 is 2.50 bits per heavy atom. The number of piperidine rings is 1. The van der Waals surface area contributed by atoms with Gasteiger partial charge in [-0.2, -0.15) is 5.10 Å².